The van der Waals surface area contributed by atoms with E-state index in [-0.39, 0.29) is 5.69 Å². The second-order valence-electron chi connectivity index (χ2n) is 3.61. The largest absolute Gasteiger partial charge is 0.496 e. The van der Waals surface area contributed by atoms with E-state index in [1.165, 1.54) is 19.2 Å². The maximum atomic E-state index is 10.7. The predicted molar refractivity (Wildman–Crippen MR) is 65.2 cm³/mol. The average molecular weight is 248 g/mol. The van der Waals surface area contributed by atoms with Gasteiger partial charge in [-0.1, -0.05) is 0 Å². The summed E-state index contributed by atoms with van der Waals surface area (Å²) in [6.07, 6.45) is 0. The van der Waals surface area contributed by atoms with Gasteiger partial charge < -0.3 is 14.9 Å². The Labute approximate surface area is 103 Å². The number of non-ortho nitro benzene ring substituents is 1. The van der Waals surface area contributed by atoms with Crippen LogP contribution < -0.4 is 10.5 Å². The molecule has 1 aromatic carbocycles. The first-order valence-electron chi connectivity index (χ1n) is 5.27. The number of nitrogens with two attached hydrogens (primary N) is 1. The highest BCUT2D eigenvalue weighted by Crippen LogP contribution is 2.34. The predicted octanol–water partition coefficient (Wildman–Crippen LogP) is 2.32. The molecule has 0 aliphatic heterocycles. The number of benzene rings is 1. The lowest BCUT2D eigenvalue weighted by Gasteiger charge is -2.05. The molecule has 0 amide bonds. The smallest absolute Gasteiger partial charge is 0.273 e. The zero-order valence-corrected chi connectivity index (χ0v) is 9.75. The molecule has 6 nitrogen and oxygen atoms in total. The molecule has 0 saturated carbocycles. The molecule has 0 aliphatic carbocycles. The number of hydrogen-bond acceptors (Lipinski definition) is 5. The van der Waals surface area contributed by atoms with Gasteiger partial charge in [-0.3, -0.25) is 10.1 Å². The normalized spacial score (nSPS) is 10.3. The van der Waals surface area contributed by atoms with E-state index in [9.17, 15) is 10.1 Å². The fraction of sp³-hybridized carbons (Fsp3) is 0.167. The Hall–Kier alpha value is -2.34. The van der Waals surface area contributed by atoms with Gasteiger partial charge in [-0.2, -0.15) is 0 Å². The number of nitro benzene ring substituents is 1. The summed E-state index contributed by atoms with van der Waals surface area (Å²) in [4.78, 5) is 10.2. The molecule has 6 heteroatoms. The van der Waals surface area contributed by atoms with E-state index in [1.807, 2.05) is 0 Å². The van der Waals surface area contributed by atoms with Crippen LogP contribution in [0.1, 0.15) is 5.76 Å². The molecule has 0 unspecified atom stereocenters. The van der Waals surface area contributed by atoms with Crippen LogP contribution in [0, 0.1) is 10.1 Å². The van der Waals surface area contributed by atoms with Crippen molar-refractivity contribution in [2.24, 2.45) is 5.73 Å². The Morgan fingerprint density at radius 2 is 2.17 bits per heavy atom. The van der Waals surface area contributed by atoms with Gasteiger partial charge in [0.2, 0.25) is 0 Å². The Morgan fingerprint density at radius 1 is 1.39 bits per heavy atom. The molecule has 1 heterocycles. The summed E-state index contributed by atoms with van der Waals surface area (Å²) in [5.41, 5.74) is 6.09. The molecule has 2 aromatic rings. The van der Waals surface area contributed by atoms with E-state index in [0.29, 0.717) is 29.4 Å². The van der Waals surface area contributed by atoms with E-state index < -0.39 is 4.92 Å². The molecule has 0 fully saturated rings. The molecule has 0 radical (unpaired) electrons. The van der Waals surface area contributed by atoms with Crippen molar-refractivity contribution in [1.82, 2.24) is 0 Å². The van der Waals surface area contributed by atoms with Gasteiger partial charge in [-0.15, -0.1) is 0 Å². The highest BCUT2D eigenvalue weighted by molar-refractivity contribution is 5.68. The van der Waals surface area contributed by atoms with Crippen LogP contribution in [0.3, 0.4) is 0 Å². The third-order valence-corrected chi connectivity index (χ3v) is 2.52. The Kier molecular flexibility index (Phi) is 3.29. The zero-order chi connectivity index (χ0) is 13.1. The fourth-order valence-corrected chi connectivity index (χ4v) is 1.63. The van der Waals surface area contributed by atoms with Crippen LogP contribution in [0.2, 0.25) is 0 Å². The Balaban J connectivity index is 2.47. The van der Waals surface area contributed by atoms with Gasteiger partial charge in [0.1, 0.15) is 17.3 Å². The first kappa shape index (κ1) is 12.1. The van der Waals surface area contributed by atoms with Gasteiger partial charge in [0.05, 0.1) is 30.2 Å². The first-order valence-corrected chi connectivity index (χ1v) is 5.27. The lowest BCUT2D eigenvalue weighted by atomic mass is 10.1. The summed E-state index contributed by atoms with van der Waals surface area (Å²) in [6, 6.07) is 7.88. The molecule has 0 bridgehead atoms. The lowest BCUT2D eigenvalue weighted by molar-refractivity contribution is -0.384. The van der Waals surface area contributed by atoms with E-state index in [2.05, 4.69) is 0 Å². The topological polar surface area (TPSA) is 91.5 Å². The van der Waals surface area contributed by atoms with Crippen LogP contribution in [-0.2, 0) is 6.54 Å². The number of furan rings is 1. The number of rotatable bonds is 4. The molecule has 0 atom stereocenters. The zero-order valence-electron chi connectivity index (χ0n) is 9.75. The molecule has 0 spiro atoms. The van der Waals surface area contributed by atoms with Gasteiger partial charge in [0.25, 0.3) is 5.69 Å². The number of nitrogens with zero attached hydrogens (tertiary/aromatic N) is 1. The molecule has 18 heavy (non-hydrogen) atoms. The van der Waals surface area contributed by atoms with E-state index in [4.69, 9.17) is 14.9 Å². The minimum Gasteiger partial charge on any atom is -0.496 e. The van der Waals surface area contributed by atoms with Crippen LogP contribution >= 0.6 is 0 Å². The maximum Gasteiger partial charge on any atom is 0.273 e. The van der Waals surface area contributed by atoms with Gasteiger partial charge in [0.15, 0.2) is 0 Å². The summed E-state index contributed by atoms with van der Waals surface area (Å²) in [6.45, 7) is 0.301. The third kappa shape index (κ3) is 2.18. The molecule has 94 valence electrons. The van der Waals surface area contributed by atoms with Crippen LogP contribution in [-0.4, -0.2) is 12.0 Å². The summed E-state index contributed by atoms with van der Waals surface area (Å²) >= 11 is 0. The second-order valence-corrected chi connectivity index (χ2v) is 3.61. The van der Waals surface area contributed by atoms with E-state index in [0.717, 1.165) is 0 Å². The Bertz CT molecular complexity index is 577. The van der Waals surface area contributed by atoms with Crippen molar-refractivity contribution < 1.29 is 14.1 Å². The van der Waals surface area contributed by atoms with Gasteiger partial charge in [-0.05, 0) is 18.2 Å². The highest BCUT2D eigenvalue weighted by atomic mass is 16.6. The number of methoxy groups -OCH3 is 1. The Morgan fingerprint density at radius 3 is 2.72 bits per heavy atom. The third-order valence-electron chi connectivity index (χ3n) is 2.52. The second kappa shape index (κ2) is 4.89. The van der Waals surface area contributed by atoms with Crippen molar-refractivity contribution >= 4 is 5.69 Å². The maximum absolute atomic E-state index is 10.7. The van der Waals surface area contributed by atoms with Crippen molar-refractivity contribution in [2.75, 3.05) is 7.11 Å². The van der Waals surface area contributed by atoms with Crippen LogP contribution in [0.15, 0.2) is 34.7 Å². The van der Waals surface area contributed by atoms with Crippen molar-refractivity contribution in [3.05, 3.63) is 46.2 Å². The summed E-state index contributed by atoms with van der Waals surface area (Å²) in [5, 5.41) is 10.7. The summed E-state index contributed by atoms with van der Waals surface area (Å²) in [7, 11) is 1.45. The van der Waals surface area contributed by atoms with Gasteiger partial charge in [-0.25, -0.2) is 0 Å². The molecule has 2 rings (SSSR count). The van der Waals surface area contributed by atoms with Crippen LogP contribution in [0.25, 0.3) is 11.3 Å². The van der Waals surface area contributed by atoms with Crippen molar-refractivity contribution in [3.8, 4) is 17.1 Å². The molecule has 2 N–H and O–H groups in total. The number of nitro groups is 1. The van der Waals surface area contributed by atoms with Crippen LogP contribution in [0.4, 0.5) is 5.69 Å². The minimum atomic E-state index is -0.472. The van der Waals surface area contributed by atoms with Crippen molar-refractivity contribution in [1.29, 1.82) is 0 Å². The molecular weight excluding hydrogens is 236 g/mol. The molecule has 0 saturated heterocycles. The first-order chi connectivity index (χ1) is 8.65. The average Bonchev–Trinajstić information content (AvgIpc) is 2.86. The summed E-state index contributed by atoms with van der Waals surface area (Å²) < 4.78 is 10.6. The standard InChI is InChI=1S/C12H12N2O4/c1-17-12-6-8(14(15)16)2-4-10(12)11-5-3-9(7-13)18-11/h2-6H,7,13H2,1H3. The fourth-order valence-electron chi connectivity index (χ4n) is 1.63. The molecule has 0 aliphatic rings. The van der Waals surface area contributed by atoms with E-state index >= 15 is 0 Å². The summed E-state index contributed by atoms with van der Waals surface area (Å²) in [5.74, 6) is 1.61. The van der Waals surface area contributed by atoms with E-state index in [1.54, 1.807) is 18.2 Å². The monoisotopic (exact) mass is 248 g/mol. The lowest BCUT2D eigenvalue weighted by Crippen LogP contribution is -1.93. The molecule has 1 aromatic heterocycles. The minimum absolute atomic E-state index is 0.0267. The highest BCUT2D eigenvalue weighted by Gasteiger charge is 2.14. The van der Waals surface area contributed by atoms with Crippen molar-refractivity contribution in [2.45, 2.75) is 6.54 Å². The SMILES string of the molecule is COc1cc([N+](=O)[O-])ccc1-c1ccc(CN)o1. The van der Waals surface area contributed by atoms with Gasteiger partial charge >= 0.3 is 0 Å². The van der Waals surface area contributed by atoms with Crippen molar-refractivity contribution in [3.63, 3.8) is 0 Å². The number of hydrogen-bond donors (Lipinski definition) is 1. The van der Waals surface area contributed by atoms with Gasteiger partial charge in [0, 0.05) is 6.07 Å². The molecular formula is C12H12N2O4. The van der Waals surface area contributed by atoms with Crippen LogP contribution in [0.5, 0.6) is 5.75 Å². The quantitative estimate of drug-likeness (QED) is 0.662. The number of ether oxygens (including phenoxy) is 1.